The fourth-order valence-electron chi connectivity index (χ4n) is 1.44. The fourth-order valence-corrected chi connectivity index (χ4v) is 1.44. The van der Waals surface area contributed by atoms with Crippen molar-refractivity contribution >= 4 is 30.0 Å². The van der Waals surface area contributed by atoms with E-state index in [1.807, 2.05) is 30.3 Å². The van der Waals surface area contributed by atoms with Gasteiger partial charge in [-0.2, -0.15) is 0 Å². The number of nitrogens with zero attached hydrogens (tertiary/aromatic N) is 2. The first-order chi connectivity index (χ1) is 8.43. The van der Waals surface area contributed by atoms with Gasteiger partial charge in [0.1, 0.15) is 6.04 Å². The summed E-state index contributed by atoms with van der Waals surface area (Å²) in [5.41, 5.74) is 0.791. The van der Waals surface area contributed by atoms with E-state index in [0.717, 1.165) is 5.69 Å². The van der Waals surface area contributed by atoms with E-state index in [1.54, 1.807) is 21.0 Å². The summed E-state index contributed by atoms with van der Waals surface area (Å²) < 4.78 is 0. The minimum absolute atomic E-state index is 0. The van der Waals surface area contributed by atoms with E-state index in [4.69, 9.17) is 5.11 Å². The van der Waals surface area contributed by atoms with Crippen LogP contribution in [-0.2, 0) is 9.59 Å². The molecule has 0 heterocycles. The quantitative estimate of drug-likeness (QED) is 0.891. The van der Waals surface area contributed by atoms with Crippen LogP contribution in [0.3, 0.4) is 0 Å². The number of rotatable bonds is 5. The standard InChI is InChI=1S/C13H18N2O3.ClH/c1-10(13(17)18)14(2)9-12(16)15(3)11-7-5-4-6-8-11;/h4-8,10H,9H2,1-3H3,(H,17,18);1H. The molecule has 1 N–H and O–H groups in total. The summed E-state index contributed by atoms with van der Waals surface area (Å²) in [6, 6.07) is 8.56. The maximum absolute atomic E-state index is 12.0. The number of aliphatic carboxylic acids is 1. The Labute approximate surface area is 119 Å². The predicted molar refractivity (Wildman–Crippen MR) is 76.8 cm³/mol. The molecule has 0 aliphatic heterocycles. The maximum Gasteiger partial charge on any atom is 0.320 e. The lowest BCUT2D eigenvalue weighted by Crippen LogP contribution is -2.43. The van der Waals surface area contributed by atoms with Crippen LogP contribution in [0.5, 0.6) is 0 Å². The lowest BCUT2D eigenvalue weighted by Gasteiger charge is -2.24. The van der Waals surface area contributed by atoms with E-state index in [-0.39, 0.29) is 24.9 Å². The molecule has 0 aliphatic carbocycles. The highest BCUT2D eigenvalue weighted by atomic mass is 35.5. The summed E-state index contributed by atoms with van der Waals surface area (Å²) >= 11 is 0. The number of carbonyl (C=O) groups is 2. The number of anilines is 1. The second-order valence-corrected chi connectivity index (χ2v) is 4.22. The number of likely N-dealkylation sites (N-methyl/N-ethyl adjacent to an activating group) is 2. The van der Waals surface area contributed by atoms with Gasteiger partial charge in [0.25, 0.3) is 0 Å². The molecular weight excluding hydrogens is 268 g/mol. The Kier molecular flexibility index (Phi) is 7.11. The van der Waals surface area contributed by atoms with Crippen LogP contribution in [0.1, 0.15) is 6.92 Å². The number of carboxylic acids is 1. The zero-order valence-corrected chi connectivity index (χ0v) is 12.1. The zero-order valence-electron chi connectivity index (χ0n) is 11.2. The average Bonchev–Trinajstić information content (AvgIpc) is 2.37. The van der Waals surface area contributed by atoms with Gasteiger partial charge in [-0.05, 0) is 26.1 Å². The van der Waals surface area contributed by atoms with Crippen LogP contribution in [0, 0.1) is 0 Å². The molecule has 0 fully saturated rings. The van der Waals surface area contributed by atoms with Crippen molar-refractivity contribution in [3.63, 3.8) is 0 Å². The molecule has 1 atom stereocenters. The first-order valence-electron chi connectivity index (χ1n) is 5.68. The van der Waals surface area contributed by atoms with Crippen molar-refractivity contribution < 1.29 is 14.7 Å². The van der Waals surface area contributed by atoms with E-state index < -0.39 is 12.0 Å². The van der Waals surface area contributed by atoms with Gasteiger partial charge in [-0.1, -0.05) is 18.2 Å². The number of halogens is 1. The van der Waals surface area contributed by atoms with E-state index in [1.165, 1.54) is 9.80 Å². The lowest BCUT2D eigenvalue weighted by atomic mass is 10.2. The molecule has 1 aromatic carbocycles. The maximum atomic E-state index is 12.0. The zero-order chi connectivity index (χ0) is 13.7. The van der Waals surface area contributed by atoms with Crippen LogP contribution in [0.15, 0.2) is 30.3 Å². The van der Waals surface area contributed by atoms with E-state index >= 15 is 0 Å². The molecule has 0 spiro atoms. The average molecular weight is 287 g/mol. The van der Waals surface area contributed by atoms with Crippen molar-refractivity contribution in [1.82, 2.24) is 4.90 Å². The molecule has 0 saturated carbocycles. The third-order valence-electron chi connectivity index (χ3n) is 2.92. The van der Waals surface area contributed by atoms with Crippen molar-refractivity contribution in [3.8, 4) is 0 Å². The van der Waals surface area contributed by atoms with Gasteiger partial charge in [0, 0.05) is 12.7 Å². The van der Waals surface area contributed by atoms with Crippen molar-refractivity contribution in [3.05, 3.63) is 30.3 Å². The molecule has 106 valence electrons. The number of para-hydroxylation sites is 1. The van der Waals surface area contributed by atoms with Crippen LogP contribution in [0.25, 0.3) is 0 Å². The SMILES string of the molecule is CC(C(=O)O)N(C)CC(=O)N(C)c1ccccc1.Cl. The first-order valence-corrected chi connectivity index (χ1v) is 5.68. The molecule has 1 rings (SSSR count). The molecule has 0 bridgehead atoms. The number of carboxylic acid groups (broad SMARTS) is 1. The second kappa shape index (κ2) is 7.76. The van der Waals surface area contributed by atoms with E-state index in [2.05, 4.69) is 0 Å². The van der Waals surface area contributed by atoms with Gasteiger partial charge < -0.3 is 10.0 Å². The molecular formula is C13H19ClN2O3. The molecule has 6 heteroatoms. The van der Waals surface area contributed by atoms with Crippen LogP contribution < -0.4 is 4.90 Å². The smallest absolute Gasteiger partial charge is 0.320 e. The van der Waals surface area contributed by atoms with Crippen molar-refractivity contribution in [1.29, 1.82) is 0 Å². The van der Waals surface area contributed by atoms with Gasteiger partial charge >= 0.3 is 5.97 Å². The Balaban J connectivity index is 0.00000324. The first kappa shape index (κ1) is 17.4. The highest BCUT2D eigenvalue weighted by Gasteiger charge is 2.21. The molecule has 1 unspecified atom stereocenters. The summed E-state index contributed by atoms with van der Waals surface area (Å²) in [7, 11) is 3.30. The molecule has 1 amide bonds. The highest BCUT2D eigenvalue weighted by molar-refractivity contribution is 5.94. The van der Waals surface area contributed by atoms with Gasteiger partial charge in [0.15, 0.2) is 0 Å². The van der Waals surface area contributed by atoms with Gasteiger partial charge in [-0.15, -0.1) is 12.4 Å². The minimum atomic E-state index is -0.937. The number of benzene rings is 1. The fraction of sp³-hybridized carbons (Fsp3) is 0.385. The topological polar surface area (TPSA) is 60.9 Å². The van der Waals surface area contributed by atoms with Crippen molar-refractivity contribution in [2.45, 2.75) is 13.0 Å². The Morgan fingerprint density at radius 1 is 1.21 bits per heavy atom. The Morgan fingerprint density at radius 3 is 2.21 bits per heavy atom. The van der Waals surface area contributed by atoms with Crippen LogP contribution in [-0.4, -0.2) is 48.6 Å². The Hall–Kier alpha value is -1.59. The highest BCUT2D eigenvalue weighted by Crippen LogP contribution is 2.11. The normalized spacial score (nSPS) is 11.6. The number of hydrogen-bond donors (Lipinski definition) is 1. The molecule has 5 nitrogen and oxygen atoms in total. The van der Waals surface area contributed by atoms with Crippen molar-refractivity contribution in [2.75, 3.05) is 25.5 Å². The molecule has 0 saturated heterocycles. The molecule has 19 heavy (non-hydrogen) atoms. The number of amides is 1. The number of hydrogen-bond acceptors (Lipinski definition) is 3. The van der Waals surface area contributed by atoms with E-state index in [0.29, 0.717) is 0 Å². The largest absolute Gasteiger partial charge is 0.480 e. The third kappa shape index (κ3) is 4.89. The lowest BCUT2D eigenvalue weighted by molar-refractivity contribution is -0.142. The third-order valence-corrected chi connectivity index (χ3v) is 2.92. The van der Waals surface area contributed by atoms with Gasteiger partial charge in [0.2, 0.25) is 5.91 Å². The Morgan fingerprint density at radius 2 is 1.74 bits per heavy atom. The number of carbonyl (C=O) groups excluding carboxylic acids is 1. The summed E-state index contributed by atoms with van der Waals surface area (Å²) in [6.07, 6.45) is 0. The Bertz CT molecular complexity index is 425. The monoisotopic (exact) mass is 286 g/mol. The summed E-state index contributed by atoms with van der Waals surface area (Å²) in [5.74, 6) is -1.08. The van der Waals surface area contributed by atoms with Crippen LogP contribution in [0.2, 0.25) is 0 Å². The predicted octanol–water partition coefficient (Wildman–Crippen LogP) is 1.48. The molecule has 0 radical (unpaired) electrons. The summed E-state index contributed by atoms with van der Waals surface area (Å²) in [6.45, 7) is 1.62. The summed E-state index contributed by atoms with van der Waals surface area (Å²) in [5, 5.41) is 8.85. The molecule has 1 aromatic rings. The minimum Gasteiger partial charge on any atom is -0.480 e. The van der Waals surface area contributed by atoms with Gasteiger partial charge in [-0.3, -0.25) is 14.5 Å². The summed E-state index contributed by atoms with van der Waals surface area (Å²) in [4.78, 5) is 25.8. The van der Waals surface area contributed by atoms with Crippen LogP contribution in [0.4, 0.5) is 5.69 Å². The van der Waals surface area contributed by atoms with Gasteiger partial charge in [-0.25, -0.2) is 0 Å². The van der Waals surface area contributed by atoms with Crippen molar-refractivity contribution in [2.24, 2.45) is 0 Å². The van der Waals surface area contributed by atoms with Gasteiger partial charge in [0.05, 0.1) is 6.54 Å². The second-order valence-electron chi connectivity index (χ2n) is 4.22. The molecule has 0 aliphatic rings. The van der Waals surface area contributed by atoms with Crippen LogP contribution >= 0.6 is 12.4 Å². The molecule has 0 aromatic heterocycles. The van der Waals surface area contributed by atoms with E-state index in [9.17, 15) is 9.59 Å².